The maximum absolute atomic E-state index is 11.9. The summed E-state index contributed by atoms with van der Waals surface area (Å²) in [6.45, 7) is 6.74. The minimum Gasteiger partial charge on any atom is -0.394 e. The molecule has 0 aromatic rings. The van der Waals surface area contributed by atoms with Crippen LogP contribution >= 0.6 is 0 Å². The average Bonchev–Trinajstić information content (AvgIpc) is 2.26. The van der Waals surface area contributed by atoms with Gasteiger partial charge < -0.3 is 10.0 Å². The highest BCUT2D eigenvalue weighted by Gasteiger charge is 2.32. The van der Waals surface area contributed by atoms with Gasteiger partial charge in [-0.05, 0) is 18.9 Å². The first-order chi connectivity index (χ1) is 7.10. The van der Waals surface area contributed by atoms with E-state index in [0.29, 0.717) is 5.92 Å². The van der Waals surface area contributed by atoms with Crippen molar-refractivity contribution in [2.45, 2.75) is 26.3 Å². The lowest BCUT2D eigenvalue weighted by Gasteiger charge is -2.28. The van der Waals surface area contributed by atoms with Crippen molar-refractivity contribution in [3.8, 4) is 0 Å². The Bertz CT molecular complexity index is 221. The standard InChI is InChI=1S/C11H22N2O2/c1-4-5-13-7-9(2)6-12(3)11(15)10(13)8-14/h9-10,14H,4-8H2,1-3H3. The molecule has 15 heavy (non-hydrogen) atoms. The van der Waals surface area contributed by atoms with Crippen LogP contribution in [0.2, 0.25) is 0 Å². The Morgan fingerprint density at radius 2 is 2.13 bits per heavy atom. The Kier molecular flexibility index (Phi) is 4.54. The summed E-state index contributed by atoms with van der Waals surface area (Å²) >= 11 is 0. The van der Waals surface area contributed by atoms with Gasteiger partial charge in [0.05, 0.1) is 6.61 Å². The topological polar surface area (TPSA) is 43.8 Å². The molecule has 0 bridgehead atoms. The SMILES string of the molecule is CCCN1CC(C)CN(C)C(=O)C1CO. The molecule has 1 N–H and O–H groups in total. The average molecular weight is 214 g/mol. The third kappa shape index (κ3) is 2.92. The van der Waals surface area contributed by atoms with Gasteiger partial charge in [-0.2, -0.15) is 0 Å². The Morgan fingerprint density at radius 1 is 1.47 bits per heavy atom. The van der Waals surface area contributed by atoms with E-state index in [2.05, 4.69) is 18.7 Å². The summed E-state index contributed by atoms with van der Waals surface area (Å²) in [5.41, 5.74) is 0. The second-order valence-electron chi connectivity index (χ2n) is 4.52. The van der Waals surface area contributed by atoms with Crippen LogP contribution in [-0.4, -0.2) is 60.1 Å². The first-order valence-corrected chi connectivity index (χ1v) is 5.70. The van der Waals surface area contributed by atoms with Crippen LogP contribution in [0.1, 0.15) is 20.3 Å². The maximum Gasteiger partial charge on any atom is 0.242 e. The monoisotopic (exact) mass is 214 g/mol. The zero-order valence-corrected chi connectivity index (χ0v) is 9.94. The first kappa shape index (κ1) is 12.5. The highest BCUT2D eigenvalue weighted by atomic mass is 16.3. The number of amides is 1. The van der Waals surface area contributed by atoms with Crippen LogP contribution in [-0.2, 0) is 4.79 Å². The molecule has 2 unspecified atom stereocenters. The second kappa shape index (κ2) is 5.47. The predicted octanol–water partition coefficient (Wildman–Crippen LogP) is 0.167. The quantitative estimate of drug-likeness (QED) is 0.728. The summed E-state index contributed by atoms with van der Waals surface area (Å²) < 4.78 is 0. The Hall–Kier alpha value is -0.610. The van der Waals surface area contributed by atoms with E-state index in [1.165, 1.54) is 0 Å². The number of likely N-dealkylation sites (N-methyl/N-ethyl adjacent to an activating group) is 1. The van der Waals surface area contributed by atoms with Crippen LogP contribution in [0.15, 0.2) is 0 Å². The highest BCUT2D eigenvalue weighted by molar-refractivity contribution is 5.82. The van der Waals surface area contributed by atoms with Gasteiger partial charge >= 0.3 is 0 Å². The minimum absolute atomic E-state index is 0.0512. The predicted molar refractivity (Wildman–Crippen MR) is 59.5 cm³/mol. The summed E-state index contributed by atoms with van der Waals surface area (Å²) in [5.74, 6) is 0.525. The van der Waals surface area contributed by atoms with Crippen molar-refractivity contribution in [1.29, 1.82) is 0 Å². The van der Waals surface area contributed by atoms with Crippen LogP contribution in [0.25, 0.3) is 0 Å². The molecule has 1 fully saturated rings. The van der Waals surface area contributed by atoms with Gasteiger partial charge in [0.25, 0.3) is 0 Å². The fourth-order valence-electron chi connectivity index (χ4n) is 2.28. The molecule has 0 aromatic carbocycles. The zero-order chi connectivity index (χ0) is 11.4. The molecule has 1 rings (SSSR count). The van der Waals surface area contributed by atoms with Crippen LogP contribution in [0.5, 0.6) is 0 Å². The van der Waals surface area contributed by atoms with Crippen molar-refractivity contribution in [3.05, 3.63) is 0 Å². The van der Waals surface area contributed by atoms with Crippen molar-refractivity contribution < 1.29 is 9.90 Å². The summed E-state index contributed by atoms with van der Waals surface area (Å²) in [6, 6.07) is -0.333. The Morgan fingerprint density at radius 3 is 2.67 bits per heavy atom. The van der Waals surface area contributed by atoms with Crippen LogP contribution in [0.3, 0.4) is 0 Å². The molecule has 0 spiro atoms. The minimum atomic E-state index is -0.333. The summed E-state index contributed by atoms with van der Waals surface area (Å²) in [6.07, 6.45) is 1.01. The Balaban J connectivity index is 2.79. The lowest BCUT2D eigenvalue weighted by molar-refractivity contribution is -0.135. The van der Waals surface area contributed by atoms with Gasteiger partial charge in [-0.1, -0.05) is 13.8 Å². The van der Waals surface area contributed by atoms with E-state index in [1.807, 2.05) is 7.05 Å². The van der Waals surface area contributed by atoms with Crippen LogP contribution in [0.4, 0.5) is 0 Å². The van der Waals surface area contributed by atoms with Gasteiger partial charge in [-0.15, -0.1) is 0 Å². The van der Waals surface area contributed by atoms with E-state index in [-0.39, 0.29) is 18.6 Å². The molecule has 0 aliphatic carbocycles. The summed E-state index contributed by atoms with van der Waals surface area (Å²) in [5, 5.41) is 9.30. The van der Waals surface area contributed by atoms with Crippen LogP contribution < -0.4 is 0 Å². The van der Waals surface area contributed by atoms with Gasteiger partial charge in [0.2, 0.25) is 5.91 Å². The molecule has 1 amide bonds. The van der Waals surface area contributed by atoms with E-state index in [9.17, 15) is 9.90 Å². The second-order valence-corrected chi connectivity index (χ2v) is 4.52. The molecule has 4 heteroatoms. The number of rotatable bonds is 3. The van der Waals surface area contributed by atoms with Gasteiger partial charge in [0, 0.05) is 20.1 Å². The number of carbonyl (C=O) groups is 1. The fraction of sp³-hybridized carbons (Fsp3) is 0.909. The van der Waals surface area contributed by atoms with E-state index >= 15 is 0 Å². The maximum atomic E-state index is 11.9. The van der Waals surface area contributed by atoms with E-state index in [1.54, 1.807) is 4.90 Å². The Labute approximate surface area is 91.9 Å². The third-order valence-electron chi connectivity index (χ3n) is 2.92. The molecule has 0 saturated carbocycles. The first-order valence-electron chi connectivity index (χ1n) is 5.70. The van der Waals surface area contributed by atoms with Gasteiger partial charge in [0.15, 0.2) is 0 Å². The lowest BCUT2D eigenvalue weighted by Crippen LogP contribution is -2.47. The number of nitrogens with zero attached hydrogens (tertiary/aromatic N) is 2. The molecule has 0 aromatic heterocycles. The van der Waals surface area contributed by atoms with Crippen LogP contribution in [0, 0.1) is 5.92 Å². The van der Waals surface area contributed by atoms with Gasteiger partial charge in [-0.3, -0.25) is 9.69 Å². The molecule has 1 heterocycles. The van der Waals surface area contributed by atoms with Crippen molar-refractivity contribution in [2.24, 2.45) is 5.92 Å². The van der Waals surface area contributed by atoms with Crippen molar-refractivity contribution >= 4 is 5.91 Å². The smallest absolute Gasteiger partial charge is 0.242 e. The molecule has 88 valence electrons. The largest absolute Gasteiger partial charge is 0.394 e. The molecular formula is C11H22N2O2. The molecule has 1 aliphatic heterocycles. The van der Waals surface area contributed by atoms with Crippen molar-refractivity contribution in [2.75, 3.05) is 33.3 Å². The van der Waals surface area contributed by atoms with E-state index in [0.717, 1.165) is 26.1 Å². The highest BCUT2D eigenvalue weighted by Crippen LogP contribution is 2.14. The number of aliphatic hydroxyl groups is 1. The molecule has 4 nitrogen and oxygen atoms in total. The normalized spacial score (nSPS) is 29.3. The number of aliphatic hydroxyl groups excluding tert-OH is 1. The van der Waals surface area contributed by atoms with Gasteiger partial charge in [-0.25, -0.2) is 0 Å². The lowest BCUT2D eigenvalue weighted by atomic mass is 10.1. The third-order valence-corrected chi connectivity index (χ3v) is 2.92. The van der Waals surface area contributed by atoms with Crippen molar-refractivity contribution in [1.82, 2.24) is 9.80 Å². The number of carbonyl (C=O) groups excluding carboxylic acids is 1. The summed E-state index contributed by atoms with van der Waals surface area (Å²) in [7, 11) is 1.82. The zero-order valence-electron chi connectivity index (χ0n) is 9.94. The van der Waals surface area contributed by atoms with Crippen molar-refractivity contribution in [3.63, 3.8) is 0 Å². The number of hydrogen-bond acceptors (Lipinski definition) is 3. The van der Waals surface area contributed by atoms with E-state index in [4.69, 9.17) is 0 Å². The fourth-order valence-corrected chi connectivity index (χ4v) is 2.28. The van der Waals surface area contributed by atoms with E-state index < -0.39 is 0 Å². The van der Waals surface area contributed by atoms with Gasteiger partial charge in [0.1, 0.15) is 6.04 Å². The molecule has 1 aliphatic rings. The molecule has 0 radical (unpaired) electrons. The summed E-state index contributed by atoms with van der Waals surface area (Å²) in [4.78, 5) is 15.8. The molecule has 2 atom stereocenters. The molecule has 1 saturated heterocycles. The number of hydrogen-bond donors (Lipinski definition) is 1. The molecular weight excluding hydrogens is 192 g/mol.